The minimum atomic E-state index is -0.832. The first-order valence-electron chi connectivity index (χ1n) is 4.50. The first-order chi connectivity index (χ1) is 6.04. The number of rotatable bonds is 5. The second-order valence-corrected chi connectivity index (χ2v) is 3.25. The molecule has 0 aliphatic heterocycles. The fourth-order valence-electron chi connectivity index (χ4n) is 1.09. The molecular formula is C10H17NO2. The van der Waals surface area contributed by atoms with Crippen LogP contribution in [0.3, 0.4) is 0 Å². The first kappa shape index (κ1) is 11.8. The number of carbonyl (C=O) groups is 1. The van der Waals surface area contributed by atoms with Gasteiger partial charge < -0.3 is 10.5 Å². The second-order valence-electron chi connectivity index (χ2n) is 3.25. The van der Waals surface area contributed by atoms with Gasteiger partial charge in [0, 0.05) is 0 Å². The van der Waals surface area contributed by atoms with E-state index < -0.39 is 11.7 Å². The molecule has 0 unspecified atom stereocenters. The van der Waals surface area contributed by atoms with E-state index >= 15 is 0 Å². The van der Waals surface area contributed by atoms with E-state index in [0.29, 0.717) is 6.42 Å². The number of hydrogen-bond donors (Lipinski definition) is 1. The van der Waals surface area contributed by atoms with Gasteiger partial charge in [-0.05, 0) is 19.8 Å². The Kier molecular flexibility index (Phi) is 4.98. The molecule has 0 fully saturated rings. The highest BCUT2D eigenvalue weighted by Crippen LogP contribution is 2.18. The Balaban J connectivity index is 3.98. The van der Waals surface area contributed by atoms with Crippen molar-refractivity contribution < 1.29 is 9.53 Å². The molecule has 0 aliphatic carbocycles. The Morgan fingerprint density at radius 2 is 2.23 bits per heavy atom. The monoisotopic (exact) mass is 183 g/mol. The van der Waals surface area contributed by atoms with Crippen LogP contribution in [0.4, 0.5) is 4.79 Å². The Hall–Kier alpha value is -1.17. The van der Waals surface area contributed by atoms with Gasteiger partial charge in [-0.1, -0.05) is 25.7 Å². The number of primary amides is 1. The van der Waals surface area contributed by atoms with Gasteiger partial charge in [-0.25, -0.2) is 4.79 Å². The zero-order chi connectivity index (χ0) is 10.3. The van der Waals surface area contributed by atoms with Crippen LogP contribution in [-0.4, -0.2) is 11.7 Å². The Bertz CT molecular complexity index is 207. The van der Waals surface area contributed by atoms with Crippen molar-refractivity contribution in [1.82, 2.24) is 0 Å². The zero-order valence-corrected chi connectivity index (χ0v) is 8.30. The van der Waals surface area contributed by atoms with E-state index in [2.05, 4.69) is 12.8 Å². The summed E-state index contributed by atoms with van der Waals surface area (Å²) in [6, 6.07) is 0. The van der Waals surface area contributed by atoms with E-state index in [1.165, 1.54) is 0 Å². The van der Waals surface area contributed by atoms with E-state index in [9.17, 15) is 4.79 Å². The van der Waals surface area contributed by atoms with Crippen molar-refractivity contribution in [3.63, 3.8) is 0 Å². The molecule has 0 aromatic rings. The van der Waals surface area contributed by atoms with Crippen molar-refractivity contribution in [3.8, 4) is 12.3 Å². The molecule has 0 radical (unpaired) electrons. The fraction of sp³-hybridized carbons (Fsp3) is 0.700. The fourth-order valence-corrected chi connectivity index (χ4v) is 1.09. The Morgan fingerprint density at radius 3 is 2.62 bits per heavy atom. The second kappa shape index (κ2) is 5.47. The van der Waals surface area contributed by atoms with Crippen LogP contribution in [-0.2, 0) is 4.74 Å². The van der Waals surface area contributed by atoms with E-state index in [1.54, 1.807) is 6.92 Å². The van der Waals surface area contributed by atoms with Gasteiger partial charge in [-0.3, -0.25) is 0 Å². The van der Waals surface area contributed by atoms with Gasteiger partial charge in [-0.2, -0.15) is 0 Å². The zero-order valence-electron chi connectivity index (χ0n) is 8.30. The molecule has 74 valence electrons. The lowest BCUT2D eigenvalue weighted by molar-refractivity contribution is 0.0660. The lowest BCUT2D eigenvalue weighted by atomic mass is 9.99. The van der Waals surface area contributed by atoms with Gasteiger partial charge in [0.1, 0.15) is 0 Å². The Morgan fingerprint density at radius 1 is 1.62 bits per heavy atom. The molecule has 0 heterocycles. The molecule has 13 heavy (non-hydrogen) atoms. The molecular weight excluding hydrogens is 166 g/mol. The molecule has 0 aliphatic rings. The summed E-state index contributed by atoms with van der Waals surface area (Å²) in [5, 5.41) is 0. The summed E-state index contributed by atoms with van der Waals surface area (Å²) in [5.74, 6) is 2.45. The molecule has 3 heteroatoms. The summed E-state index contributed by atoms with van der Waals surface area (Å²) < 4.78 is 4.84. The summed E-state index contributed by atoms with van der Waals surface area (Å²) >= 11 is 0. The number of nitrogens with two attached hydrogens (primary N) is 1. The molecule has 1 amide bonds. The molecule has 0 saturated heterocycles. The maximum Gasteiger partial charge on any atom is 0.406 e. The van der Waals surface area contributed by atoms with Crippen LogP contribution in [0.1, 0.15) is 39.5 Å². The van der Waals surface area contributed by atoms with Gasteiger partial charge in [0.25, 0.3) is 0 Å². The van der Waals surface area contributed by atoms with E-state index in [0.717, 1.165) is 19.3 Å². The summed E-state index contributed by atoms with van der Waals surface area (Å²) in [5.41, 5.74) is 4.07. The highest BCUT2D eigenvalue weighted by atomic mass is 16.6. The summed E-state index contributed by atoms with van der Waals surface area (Å²) in [7, 11) is 0. The maximum absolute atomic E-state index is 10.5. The van der Waals surface area contributed by atoms with Crippen molar-refractivity contribution in [2.45, 2.75) is 45.1 Å². The Labute approximate surface area is 79.6 Å². The quantitative estimate of drug-likeness (QED) is 0.524. The van der Waals surface area contributed by atoms with Crippen molar-refractivity contribution in [2.24, 2.45) is 5.73 Å². The predicted molar refractivity (Wildman–Crippen MR) is 52.0 cm³/mol. The van der Waals surface area contributed by atoms with E-state index in [1.807, 2.05) is 0 Å². The average molecular weight is 183 g/mol. The number of unbranched alkanes of at least 4 members (excludes halogenated alkanes) is 2. The highest BCUT2D eigenvalue weighted by molar-refractivity contribution is 5.65. The lowest BCUT2D eigenvalue weighted by Gasteiger charge is -2.22. The van der Waals surface area contributed by atoms with Gasteiger partial charge >= 0.3 is 6.09 Å². The van der Waals surface area contributed by atoms with Gasteiger partial charge in [-0.15, -0.1) is 6.42 Å². The summed E-state index contributed by atoms with van der Waals surface area (Å²) in [6.07, 6.45) is 8.25. The van der Waals surface area contributed by atoms with Gasteiger partial charge in [0.05, 0.1) is 0 Å². The molecule has 0 saturated carbocycles. The summed E-state index contributed by atoms with van der Waals surface area (Å²) in [6.45, 7) is 3.80. The van der Waals surface area contributed by atoms with Gasteiger partial charge in [0.2, 0.25) is 0 Å². The number of terminal acetylenes is 1. The van der Waals surface area contributed by atoms with Crippen molar-refractivity contribution in [1.29, 1.82) is 0 Å². The third kappa shape index (κ3) is 5.13. The van der Waals surface area contributed by atoms with Crippen molar-refractivity contribution in [3.05, 3.63) is 0 Å². The predicted octanol–water partition coefficient (Wildman–Crippen LogP) is 2.05. The van der Waals surface area contributed by atoms with Crippen LogP contribution < -0.4 is 5.73 Å². The lowest BCUT2D eigenvalue weighted by Crippen LogP contribution is -2.32. The number of amides is 1. The largest absolute Gasteiger partial charge is 0.430 e. The number of carbonyl (C=O) groups excluding carboxylic acids is 1. The SMILES string of the molecule is C#C[C@@](C)(CCCCC)OC(N)=O. The van der Waals surface area contributed by atoms with Crippen LogP contribution in [0.25, 0.3) is 0 Å². The maximum atomic E-state index is 10.5. The van der Waals surface area contributed by atoms with Crippen LogP contribution in [0.2, 0.25) is 0 Å². The molecule has 0 aromatic carbocycles. The first-order valence-corrected chi connectivity index (χ1v) is 4.50. The minimum Gasteiger partial charge on any atom is -0.430 e. The standard InChI is InChI=1S/C10H17NO2/c1-4-6-7-8-10(3,5-2)13-9(11)12/h2H,4,6-8H2,1,3H3,(H2,11,12)/t10-/m0/s1. The molecule has 0 aromatic heterocycles. The van der Waals surface area contributed by atoms with E-state index in [-0.39, 0.29) is 0 Å². The van der Waals surface area contributed by atoms with Gasteiger partial charge in [0.15, 0.2) is 5.60 Å². The third-order valence-corrected chi connectivity index (χ3v) is 1.89. The summed E-state index contributed by atoms with van der Waals surface area (Å²) in [4.78, 5) is 10.5. The number of hydrogen-bond acceptors (Lipinski definition) is 2. The van der Waals surface area contributed by atoms with Crippen molar-refractivity contribution >= 4 is 6.09 Å². The third-order valence-electron chi connectivity index (χ3n) is 1.89. The van der Waals surface area contributed by atoms with Crippen LogP contribution >= 0.6 is 0 Å². The molecule has 2 N–H and O–H groups in total. The molecule has 0 bridgehead atoms. The molecule has 0 rings (SSSR count). The molecule has 1 atom stereocenters. The minimum absolute atomic E-state index is 0.667. The average Bonchev–Trinajstić information content (AvgIpc) is 2.04. The van der Waals surface area contributed by atoms with Crippen LogP contribution in [0.5, 0.6) is 0 Å². The van der Waals surface area contributed by atoms with Crippen LogP contribution in [0.15, 0.2) is 0 Å². The van der Waals surface area contributed by atoms with Crippen molar-refractivity contribution in [2.75, 3.05) is 0 Å². The highest BCUT2D eigenvalue weighted by Gasteiger charge is 2.24. The number of ether oxygens (including phenoxy) is 1. The normalized spacial score (nSPS) is 14.2. The van der Waals surface area contributed by atoms with Crippen LogP contribution in [0, 0.1) is 12.3 Å². The topological polar surface area (TPSA) is 52.3 Å². The molecule has 0 spiro atoms. The molecule has 3 nitrogen and oxygen atoms in total. The smallest absolute Gasteiger partial charge is 0.406 e. The van der Waals surface area contributed by atoms with E-state index in [4.69, 9.17) is 16.9 Å².